The zero-order valence-electron chi connectivity index (χ0n) is 15.2. The van der Waals surface area contributed by atoms with Crippen molar-refractivity contribution in [1.29, 1.82) is 0 Å². The van der Waals surface area contributed by atoms with Gasteiger partial charge in [-0.05, 0) is 43.2 Å². The molecule has 0 saturated carbocycles. The summed E-state index contributed by atoms with van der Waals surface area (Å²) in [6, 6.07) is 13.4. The summed E-state index contributed by atoms with van der Waals surface area (Å²) < 4.78 is 5.68. The number of benzene rings is 2. The first kappa shape index (κ1) is 18.0. The SMILES string of the molecule is CCCCOc1ccc(CN2C(=O)CNC(=O)c3cc(C)ccc32)cc1. The third-order valence-corrected chi connectivity index (χ3v) is 4.42. The number of carbonyl (C=O) groups excluding carboxylic acids is 2. The molecule has 0 radical (unpaired) electrons. The summed E-state index contributed by atoms with van der Waals surface area (Å²) in [7, 11) is 0. The smallest absolute Gasteiger partial charge is 0.253 e. The molecule has 5 nitrogen and oxygen atoms in total. The molecule has 5 heteroatoms. The number of fused-ring (bicyclic) bond motifs is 1. The van der Waals surface area contributed by atoms with E-state index in [1.165, 1.54) is 0 Å². The van der Waals surface area contributed by atoms with Gasteiger partial charge in [-0.25, -0.2) is 0 Å². The molecule has 0 bridgehead atoms. The highest BCUT2D eigenvalue weighted by atomic mass is 16.5. The van der Waals surface area contributed by atoms with Crippen molar-refractivity contribution in [1.82, 2.24) is 5.32 Å². The molecule has 2 aromatic carbocycles. The van der Waals surface area contributed by atoms with E-state index in [1.807, 2.05) is 49.4 Å². The molecule has 0 spiro atoms. The number of carbonyl (C=O) groups is 2. The largest absolute Gasteiger partial charge is 0.494 e. The summed E-state index contributed by atoms with van der Waals surface area (Å²) in [5.74, 6) is 0.501. The van der Waals surface area contributed by atoms with Gasteiger partial charge in [-0.1, -0.05) is 37.1 Å². The number of hydrogen-bond acceptors (Lipinski definition) is 3. The van der Waals surface area contributed by atoms with Crippen LogP contribution < -0.4 is 15.0 Å². The number of nitrogens with one attached hydrogen (secondary N) is 1. The topological polar surface area (TPSA) is 58.6 Å². The quantitative estimate of drug-likeness (QED) is 0.810. The maximum absolute atomic E-state index is 12.5. The molecule has 0 atom stereocenters. The average Bonchev–Trinajstić information content (AvgIpc) is 2.75. The summed E-state index contributed by atoms with van der Waals surface area (Å²) in [5.41, 5.74) is 3.16. The van der Waals surface area contributed by atoms with Crippen molar-refractivity contribution in [2.45, 2.75) is 33.2 Å². The Morgan fingerprint density at radius 1 is 1.12 bits per heavy atom. The molecule has 3 rings (SSSR count). The maximum Gasteiger partial charge on any atom is 0.253 e. The van der Waals surface area contributed by atoms with Crippen LogP contribution in [0.15, 0.2) is 42.5 Å². The van der Waals surface area contributed by atoms with Crippen LogP contribution in [0.2, 0.25) is 0 Å². The lowest BCUT2D eigenvalue weighted by molar-refractivity contribution is -0.117. The monoisotopic (exact) mass is 352 g/mol. The van der Waals surface area contributed by atoms with E-state index in [-0.39, 0.29) is 18.4 Å². The Bertz CT molecular complexity index is 799. The highest BCUT2D eigenvalue weighted by Crippen LogP contribution is 2.26. The molecule has 1 aliphatic heterocycles. The fourth-order valence-electron chi connectivity index (χ4n) is 2.93. The van der Waals surface area contributed by atoms with Crippen LogP contribution in [-0.4, -0.2) is 25.0 Å². The van der Waals surface area contributed by atoms with Crippen LogP contribution in [-0.2, 0) is 11.3 Å². The van der Waals surface area contributed by atoms with Crippen molar-refractivity contribution >= 4 is 17.5 Å². The highest BCUT2D eigenvalue weighted by Gasteiger charge is 2.26. The number of anilines is 1. The van der Waals surface area contributed by atoms with E-state index >= 15 is 0 Å². The number of aryl methyl sites for hydroxylation is 1. The number of rotatable bonds is 6. The normalized spacial score (nSPS) is 13.8. The Morgan fingerprint density at radius 2 is 1.88 bits per heavy atom. The summed E-state index contributed by atoms with van der Waals surface area (Å²) in [6.07, 6.45) is 2.13. The van der Waals surface area contributed by atoms with Crippen LogP contribution in [0, 0.1) is 6.92 Å². The summed E-state index contributed by atoms with van der Waals surface area (Å²) in [6.45, 7) is 5.19. The minimum Gasteiger partial charge on any atom is -0.494 e. The van der Waals surface area contributed by atoms with Gasteiger partial charge in [0.15, 0.2) is 0 Å². The van der Waals surface area contributed by atoms with E-state index in [2.05, 4.69) is 12.2 Å². The fourth-order valence-corrected chi connectivity index (χ4v) is 2.93. The van der Waals surface area contributed by atoms with Crippen LogP contribution in [0.1, 0.15) is 41.3 Å². The number of nitrogens with zero attached hydrogens (tertiary/aromatic N) is 1. The van der Waals surface area contributed by atoms with Gasteiger partial charge >= 0.3 is 0 Å². The lowest BCUT2D eigenvalue weighted by Gasteiger charge is -2.22. The molecule has 2 aromatic rings. The number of amides is 2. The van der Waals surface area contributed by atoms with Crippen LogP contribution in [0.5, 0.6) is 5.75 Å². The van der Waals surface area contributed by atoms with Crippen molar-refractivity contribution < 1.29 is 14.3 Å². The second-order valence-corrected chi connectivity index (χ2v) is 6.53. The first-order valence-corrected chi connectivity index (χ1v) is 8.99. The lowest BCUT2D eigenvalue weighted by atomic mass is 10.1. The van der Waals surface area contributed by atoms with Crippen molar-refractivity contribution in [2.24, 2.45) is 0 Å². The zero-order valence-corrected chi connectivity index (χ0v) is 15.2. The predicted molar refractivity (Wildman–Crippen MR) is 102 cm³/mol. The van der Waals surface area contributed by atoms with Crippen molar-refractivity contribution in [3.63, 3.8) is 0 Å². The van der Waals surface area contributed by atoms with E-state index in [4.69, 9.17) is 4.74 Å². The van der Waals surface area contributed by atoms with Gasteiger partial charge in [-0.15, -0.1) is 0 Å². The Kier molecular flexibility index (Phi) is 5.56. The van der Waals surface area contributed by atoms with Gasteiger partial charge in [0.1, 0.15) is 5.75 Å². The van der Waals surface area contributed by atoms with Crippen LogP contribution >= 0.6 is 0 Å². The van der Waals surface area contributed by atoms with Gasteiger partial charge in [0.25, 0.3) is 5.91 Å². The number of hydrogen-bond donors (Lipinski definition) is 1. The molecule has 1 N–H and O–H groups in total. The molecule has 0 aliphatic carbocycles. The number of ether oxygens (including phenoxy) is 1. The van der Waals surface area contributed by atoms with Crippen molar-refractivity contribution in [3.05, 3.63) is 59.2 Å². The zero-order chi connectivity index (χ0) is 18.5. The first-order valence-electron chi connectivity index (χ1n) is 8.99. The molecular weight excluding hydrogens is 328 g/mol. The van der Waals surface area contributed by atoms with E-state index in [9.17, 15) is 9.59 Å². The van der Waals surface area contributed by atoms with E-state index in [1.54, 1.807) is 4.90 Å². The molecule has 26 heavy (non-hydrogen) atoms. The lowest BCUT2D eigenvalue weighted by Crippen LogP contribution is -2.36. The highest BCUT2D eigenvalue weighted by molar-refractivity contribution is 6.09. The molecule has 2 amide bonds. The van der Waals surface area contributed by atoms with Gasteiger partial charge < -0.3 is 15.0 Å². The molecule has 1 aliphatic rings. The van der Waals surface area contributed by atoms with E-state index in [0.29, 0.717) is 24.4 Å². The second-order valence-electron chi connectivity index (χ2n) is 6.53. The molecule has 0 fully saturated rings. The Balaban J connectivity index is 1.81. The predicted octanol–water partition coefficient (Wildman–Crippen LogP) is 3.45. The van der Waals surface area contributed by atoms with E-state index in [0.717, 1.165) is 29.7 Å². The average molecular weight is 352 g/mol. The fraction of sp³-hybridized carbons (Fsp3) is 0.333. The van der Waals surface area contributed by atoms with Crippen LogP contribution in [0.3, 0.4) is 0 Å². The molecule has 0 unspecified atom stereocenters. The molecule has 0 saturated heterocycles. The second kappa shape index (κ2) is 8.04. The van der Waals surface area contributed by atoms with E-state index < -0.39 is 0 Å². The third-order valence-electron chi connectivity index (χ3n) is 4.42. The summed E-state index contributed by atoms with van der Waals surface area (Å²) >= 11 is 0. The van der Waals surface area contributed by atoms with Crippen molar-refractivity contribution in [3.8, 4) is 5.75 Å². The maximum atomic E-state index is 12.5. The van der Waals surface area contributed by atoms with Crippen LogP contribution in [0.25, 0.3) is 0 Å². The third kappa shape index (κ3) is 4.04. The molecule has 1 heterocycles. The Labute approximate surface area is 154 Å². The minimum atomic E-state index is -0.209. The summed E-state index contributed by atoms with van der Waals surface area (Å²) in [4.78, 5) is 26.5. The molecular formula is C21H24N2O3. The first-order chi connectivity index (χ1) is 12.6. The Hall–Kier alpha value is -2.82. The van der Waals surface area contributed by atoms with Crippen LogP contribution in [0.4, 0.5) is 5.69 Å². The van der Waals surface area contributed by atoms with Crippen molar-refractivity contribution in [2.75, 3.05) is 18.1 Å². The Morgan fingerprint density at radius 3 is 2.62 bits per heavy atom. The van der Waals surface area contributed by atoms with Gasteiger partial charge in [-0.2, -0.15) is 0 Å². The van der Waals surface area contributed by atoms with Gasteiger partial charge in [0, 0.05) is 0 Å². The van der Waals surface area contributed by atoms with Gasteiger partial charge in [0.2, 0.25) is 5.91 Å². The number of unbranched alkanes of at least 4 members (excludes halogenated alkanes) is 1. The molecule has 0 aromatic heterocycles. The summed E-state index contributed by atoms with van der Waals surface area (Å²) in [5, 5.41) is 2.68. The minimum absolute atomic E-state index is 0.00474. The van der Waals surface area contributed by atoms with Gasteiger partial charge in [0.05, 0.1) is 30.9 Å². The molecule has 136 valence electrons. The van der Waals surface area contributed by atoms with Gasteiger partial charge in [-0.3, -0.25) is 9.59 Å². The standard InChI is InChI=1S/C21H24N2O3/c1-3-4-11-26-17-8-6-16(7-9-17)14-23-19-10-5-15(2)12-18(19)21(25)22-13-20(23)24/h5-10,12H,3-4,11,13-14H2,1-2H3,(H,22,25).